The molecule has 2 rings (SSSR count). The van der Waals surface area contributed by atoms with Crippen LogP contribution in [0.15, 0.2) is 42.5 Å². The Kier molecular flexibility index (Phi) is 4.58. The number of benzene rings is 2. The molecule has 0 radical (unpaired) electrons. The van der Waals surface area contributed by atoms with E-state index in [2.05, 4.69) is 20.8 Å². The van der Waals surface area contributed by atoms with Crippen LogP contribution >= 0.6 is 0 Å². The van der Waals surface area contributed by atoms with Crippen molar-refractivity contribution in [2.75, 3.05) is 10.6 Å². The zero-order valence-corrected chi connectivity index (χ0v) is 15.5. The van der Waals surface area contributed by atoms with Gasteiger partial charge in [0.25, 0.3) is 0 Å². The standard InChI is InChI=1S/C19H25NO2S/c1-14-7-10-18(13-15(14)2)20(23(6,21)22)17-11-8-16(9-12-17)19(3,4)5/h7-13H,1-6H3. The second-order valence-corrected chi connectivity index (χ2v) is 8.92. The van der Waals surface area contributed by atoms with Gasteiger partial charge in [-0.3, -0.25) is 0 Å². The lowest BCUT2D eigenvalue weighted by Gasteiger charge is -2.25. The topological polar surface area (TPSA) is 37.4 Å². The van der Waals surface area contributed by atoms with Crippen LogP contribution < -0.4 is 4.31 Å². The zero-order chi connectivity index (χ0) is 17.4. The van der Waals surface area contributed by atoms with Crippen molar-refractivity contribution >= 4 is 21.4 Å². The summed E-state index contributed by atoms with van der Waals surface area (Å²) in [7, 11) is -3.42. The predicted octanol–water partition coefficient (Wildman–Crippen LogP) is 4.70. The van der Waals surface area contributed by atoms with Crippen LogP contribution in [-0.2, 0) is 15.4 Å². The molecular weight excluding hydrogens is 306 g/mol. The van der Waals surface area contributed by atoms with Crippen molar-refractivity contribution in [3.05, 3.63) is 59.2 Å². The van der Waals surface area contributed by atoms with Crippen molar-refractivity contribution in [3.63, 3.8) is 0 Å². The molecule has 0 amide bonds. The van der Waals surface area contributed by atoms with Gasteiger partial charge in [-0.2, -0.15) is 0 Å². The molecule has 0 spiro atoms. The minimum atomic E-state index is -3.42. The molecule has 0 aliphatic rings. The summed E-state index contributed by atoms with van der Waals surface area (Å²) in [6.07, 6.45) is 1.24. The summed E-state index contributed by atoms with van der Waals surface area (Å²) in [5.41, 5.74) is 4.75. The van der Waals surface area contributed by atoms with Gasteiger partial charge in [-0.15, -0.1) is 0 Å². The Balaban J connectivity index is 2.54. The summed E-state index contributed by atoms with van der Waals surface area (Å²) < 4.78 is 26.1. The Morgan fingerprint density at radius 3 is 1.78 bits per heavy atom. The van der Waals surface area contributed by atoms with Crippen molar-refractivity contribution in [3.8, 4) is 0 Å². The lowest BCUT2D eigenvalue weighted by molar-refractivity contribution is 0.590. The maximum atomic E-state index is 12.3. The van der Waals surface area contributed by atoms with E-state index in [4.69, 9.17) is 0 Å². The quantitative estimate of drug-likeness (QED) is 0.817. The van der Waals surface area contributed by atoms with Gasteiger partial charge in [0.05, 0.1) is 17.6 Å². The zero-order valence-electron chi connectivity index (χ0n) is 14.7. The first-order chi connectivity index (χ1) is 10.5. The van der Waals surface area contributed by atoms with E-state index in [9.17, 15) is 8.42 Å². The number of sulfonamides is 1. The first kappa shape index (κ1) is 17.5. The van der Waals surface area contributed by atoms with Crippen molar-refractivity contribution in [1.82, 2.24) is 0 Å². The maximum Gasteiger partial charge on any atom is 0.236 e. The molecule has 124 valence electrons. The van der Waals surface area contributed by atoms with E-state index >= 15 is 0 Å². The van der Waals surface area contributed by atoms with E-state index in [-0.39, 0.29) is 5.41 Å². The van der Waals surface area contributed by atoms with Crippen molar-refractivity contribution in [1.29, 1.82) is 0 Å². The summed E-state index contributed by atoms with van der Waals surface area (Å²) in [5.74, 6) is 0. The Morgan fingerprint density at radius 1 is 0.826 bits per heavy atom. The number of anilines is 2. The predicted molar refractivity (Wildman–Crippen MR) is 98.0 cm³/mol. The molecule has 0 aliphatic heterocycles. The fourth-order valence-corrected chi connectivity index (χ4v) is 3.48. The highest BCUT2D eigenvalue weighted by Crippen LogP contribution is 2.32. The van der Waals surface area contributed by atoms with Crippen LogP contribution in [0.3, 0.4) is 0 Å². The van der Waals surface area contributed by atoms with Gasteiger partial charge in [-0.25, -0.2) is 12.7 Å². The summed E-state index contributed by atoms with van der Waals surface area (Å²) >= 11 is 0. The molecule has 0 N–H and O–H groups in total. The van der Waals surface area contributed by atoms with Crippen LogP contribution in [0.5, 0.6) is 0 Å². The van der Waals surface area contributed by atoms with Gasteiger partial charge in [0.15, 0.2) is 0 Å². The highest BCUT2D eigenvalue weighted by atomic mass is 32.2. The molecule has 0 atom stereocenters. The highest BCUT2D eigenvalue weighted by molar-refractivity contribution is 7.92. The Labute approximate surface area is 140 Å². The third kappa shape index (κ3) is 3.94. The average Bonchev–Trinajstić information content (AvgIpc) is 2.41. The summed E-state index contributed by atoms with van der Waals surface area (Å²) in [5, 5.41) is 0. The summed E-state index contributed by atoms with van der Waals surface area (Å²) in [6, 6.07) is 13.4. The molecule has 2 aromatic rings. The van der Waals surface area contributed by atoms with Gasteiger partial charge in [0, 0.05) is 0 Å². The number of rotatable bonds is 3. The minimum Gasteiger partial charge on any atom is -0.239 e. The number of aryl methyl sites for hydroxylation is 2. The van der Waals surface area contributed by atoms with Crippen molar-refractivity contribution in [2.45, 2.75) is 40.0 Å². The number of hydrogen-bond donors (Lipinski definition) is 0. The average molecular weight is 331 g/mol. The first-order valence-electron chi connectivity index (χ1n) is 7.68. The lowest BCUT2D eigenvalue weighted by atomic mass is 9.87. The van der Waals surface area contributed by atoms with E-state index in [0.717, 1.165) is 11.1 Å². The van der Waals surface area contributed by atoms with Gasteiger partial charge in [0.2, 0.25) is 10.0 Å². The van der Waals surface area contributed by atoms with Crippen LogP contribution in [0, 0.1) is 13.8 Å². The molecule has 0 saturated heterocycles. The molecule has 2 aromatic carbocycles. The van der Waals surface area contributed by atoms with Crippen molar-refractivity contribution < 1.29 is 8.42 Å². The van der Waals surface area contributed by atoms with Crippen LogP contribution in [0.4, 0.5) is 11.4 Å². The first-order valence-corrected chi connectivity index (χ1v) is 9.53. The summed E-state index contributed by atoms with van der Waals surface area (Å²) in [4.78, 5) is 0. The molecule has 0 aliphatic carbocycles. The van der Waals surface area contributed by atoms with Gasteiger partial charge >= 0.3 is 0 Å². The minimum absolute atomic E-state index is 0.0366. The van der Waals surface area contributed by atoms with Crippen LogP contribution in [0.25, 0.3) is 0 Å². The largest absolute Gasteiger partial charge is 0.239 e. The highest BCUT2D eigenvalue weighted by Gasteiger charge is 2.21. The SMILES string of the molecule is Cc1ccc(N(c2ccc(C(C)(C)C)cc2)S(C)(=O)=O)cc1C. The van der Waals surface area contributed by atoms with Crippen molar-refractivity contribution in [2.24, 2.45) is 0 Å². The van der Waals surface area contributed by atoms with E-state index in [1.807, 2.05) is 56.3 Å². The molecular formula is C19H25NO2S. The summed E-state index contributed by atoms with van der Waals surface area (Å²) in [6.45, 7) is 10.4. The second kappa shape index (κ2) is 6.00. The molecule has 23 heavy (non-hydrogen) atoms. The van der Waals surface area contributed by atoms with E-state index in [1.54, 1.807) is 0 Å². The molecule has 3 nitrogen and oxygen atoms in total. The Hall–Kier alpha value is -1.81. The van der Waals surface area contributed by atoms with Gasteiger partial charge < -0.3 is 0 Å². The van der Waals surface area contributed by atoms with Crippen LogP contribution in [0.2, 0.25) is 0 Å². The number of nitrogens with zero attached hydrogens (tertiary/aromatic N) is 1. The van der Waals surface area contributed by atoms with Crippen LogP contribution in [-0.4, -0.2) is 14.7 Å². The molecule has 0 heterocycles. The molecule has 0 fully saturated rings. The van der Waals surface area contributed by atoms with Crippen LogP contribution in [0.1, 0.15) is 37.5 Å². The van der Waals surface area contributed by atoms with E-state index < -0.39 is 10.0 Å². The third-order valence-electron chi connectivity index (χ3n) is 4.02. The molecule has 0 bridgehead atoms. The maximum absolute atomic E-state index is 12.3. The normalized spacial score (nSPS) is 12.3. The molecule has 0 saturated carbocycles. The smallest absolute Gasteiger partial charge is 0.236 e. The fourth-order valence-electron chi connectivity index (χ4n) is 2.48. The van der Waals surface area contributed by atoms with E-state index in [0.29, 0.717) is 11.4 Å². The fraction of sp³-hybridized carbons (Fsp3) is 0.368. The number of hydrogen-bond acceptors (Lipinski definition) is 2. The van der Waals surface area contributed by atoms with Gasteiger partial charge in [-0.05, 0) is 60.2 Å². The monoisotopic (exact) mass is 331 g/mol. The second-order valence-electron chi connectivity index (χ2n) is 7.09. The molecule has 4 heteroatoms. The van der Waals surface area contributed by atoms with Gasteiger partial charge in [-0.1, -0.05) is 39.0 Å². The van der Waals surface area contributed by atoms with E-state index in [1.165, 1.54) is 16.1 Å². The lowest BCUT2D eigenvalue weighted by Crippen LogP contribution is -2.25. The third-order valence-corrected chi connectivity index (χ3v) is 5.11. The molecule has 0 unspecified atom stereocenters. The molecule has 0 aromatic heterocycles. The van der Waals surface area contributed by atoms with Gasteiger partial charge in [0.1, 0.15) is 0 Å². The Bertz CT molecular complexity index is 800. The Morgan fingerprint density at radius 2 is 1.35 bits per heavy atom.